The van der Waals surface area contributed by atoms with E-state index in [1.807, 2.05) is 0 Å². The van der Waals surface area contributed by atoms with Gasteiger partial charge in [0.2, 0.25) is 0 Å². The van der Waals surface area contributed by atoms with Crippen LogP contribution in [0.1, 0.15) is 33.1 Å². The van der Waals surface area contributed by atoms with E-state index < -0.39 is 0 Å². The van der Waals surface area contributed by atoms with E-state index in [1.54, 1.807) is 0 Å². The molecule has 1 aliphatic rings. The molecule has 1 rings (SSSR count). The van der Waals surface area contributed by atoms with Gasteiger partial charge in [0.05, 0.1) is 0 Å². The van der Waals surface area contributed by atoms with Crippen molar-refractivity contribution in [3.05, 3.63) is 23.8 Å². The fourth-order valence-electron chi connectivity index (χ4n) is 1.42. The maximum absolute atomic E-state index is 5.48. The van der Waals surface area contributed by atoms with E-state index in [-0.39, 0.29) is 0 Å². The molecule has 0 saturated carbocycles. The van der Waals surface area contributed by atoms with Crippen LogP contribution < -0.4 is 5.73 Å². The third-order valence-corrected chi connectivity index (χ3v) is 2.77. The normalized spacial score (nSPS) is 28.8. The van der Waals surface area contributed by atoms with Crippen LogP contribution in [0.2, 0.25) is 0 Å². The molecule has 0 spiro atoms. The van der Waals surface area contributed by atoms with Crippen LogP contribution in [0.4, 0.5) is 0 Å². The standard InChI is InChI=1S/C11H19N/c1-3-11(2)7-4-10(5-8-11)6-9-12/h4-5,7H,3,6,8-9,12H2,1-2H3. The fourth-order valence-corrected chi connectivity index (χ4v) is 1.42. The molecule has 0 aromatic carbocycles. The molecule has 1 aliphatic carbocycles. The van der Waals surface area contributed by atoms with Gasteiger partial charge in [-0.2, -0.15) is 0 Å². The highest BCUT2D eigenvalue weighted by atomic mass is 14.5. The smallest absolute Gasteiger partial charge is 0.00368 e. The van der Waals surface area contributed by atoms with E-state index in [0.717, 1.165) is 13.0 Å². The summed E-state index contributed by atoms with van der Waals surface area (Å²) in [6.07, 6.45) is 10.3. The molecule has 0 saturated heterocycles. The topological polar surface area (TPSA) is 26.0 Å². The Balaban J connectivity index is 2.55. The maximum Gasteiger partial charge on any atom is -0.00368 e. The number of nitrogens with two attached hydrogens (primary N) is 1. The third-order valence-electron chi connectivity index (χ3n) is 2.77. The van der Waals surface area contributed by atoms with Crippen molar-refractivity contribution < 1.29 is 0 Å². The lowest BCUT2D eigenvalue weighted by Crippen LogP contribution is -2.13. The van der Waals surface area contributed by atoms with E-state index in [1.165, 1.54) is 18.4 Å². The highest BCUT2D eigenvalue weighted by molar-refractivity contribution is 5.26. The molecule has 0 aromatic heterocycles. The second-order valence-corrected chi connectivity index (χ2v) is 3.86. The van der Waals surface area contributed by atoms with E-state index in [2.05, 4.69) is 32.1 Å². The highest BCUT2D eigenvalue weighted by Gasteiger charge is 2.19. The molecule has 12 heavy (non-hydrogen) atoms. The SMILES string of the molecule is CCC1(C)C=CC(CCN)=CC1. The van der Waals surface area contributed by atoms with Crippen LogP contribution in [-0.4, -0.2) is 6.54 Å². The molecular weight excluding hydrogens is 146 g/mol. The van der Waals surface area contributed by atoms with Gasteiger partial charge in [-0.15, -0.1) is 0 Å². The van der Waals surface area contributed by atoms with Crippen LogP contribution in [-0.2, 0) is 0 Å². The van der Waals surface area contributed by atoms with Gasteiger partial charge < -0.3 is 5.73 Å². The van der Waals surface area contributed by atoms with Crippen LogP contribution in [0.5, 0.6) is 0 Å². The van der Waals surface area contributed by atoms with Crippen molar-refractivity contribution in [1.29, 1.82) is 0 Å². The van der Waals surface area contributed by atoms with Crippen LogP contribution in [0.3, 0.4) is 0 Å². The molecule has 0 bridgehead atoms. The van der Waals surface area contributed by atoms with Gasteiger partial charge in [0, 0.05) is 0 Å². The Hall–Kier alpha value is -0.560. The van der Waals surface area contributed by atoms with Gasteiger partial charge in [-0.3, -0.25) is 0 Å². The summed E-state index contributed by atoms with van der Waals surface area (Å²) in [4.78, 5) is 0. The Kier molecular flexibility index (Phi) is 3.10. The van der Waals surface area contributed by atoms with E-state index in [0.29, 0.717) is 5.41 Å². The summed E-state index contributed by atoms with van der Waals surface area (Å²) in [7, 11) is 0. The monoisotopic (exact) mass is 165 g/mol. The first-order valence-electron chi connectivity index (χ1n) is 4.78. The van der Waals surface area contributed by atoms with Crippen LogP contribution in [0.15, 0.2) is 23.8 Å². The molecule has 68 valence electrons. The number of allylic oxidation sites excluding steroid dienone is 3. The van der Waals surface area contributed by atoms with Gasteiger partial charge >= 0.3 is 0 Å². The Morgan fingerprint density at radius 1 is 1.58 bits per heavy atom. The summed E-state index contributed by atoms with van der Waals surface area (Å²) < 4.78 is 0. The van der Waals surface area contributed by atoms with Gasteiger partial charge in [0.1, 0.15) is 0 Å². The van der Waals surface area contributed by atoms with Crippen molar-refractivity contribution in [3.63, 3.8) is 0 Å². The second kappa shape index (κ2) is 3.90. The van der Waals surface area contributed by atoms with Crippen molar-refractivity contribution in [2.24, 2.45) is 11.1 Å². The average molecular weight is 165 g/mol. The summed E-state index contributed by atoms with van der Waals surface area (Å²) in [5, 5.41) is 0. The molecule has 1 unspecified atom stereocenters. The number of rotatable bonds is 3. The summed E-state index contributed by atoms with van der Waals surface area (Å²) in [6.45, 7) is 5.31. The zero-order valence-electron chi connectivity index (χ0n) is 8.14. The molecule has 1 atom stereocenters. The van der Waals surface area contributed by atoms with Crippen molar-refractivity contribution >= 4 is 0 Å². The minimum atomic E-state index is 0.401. The lowest BCUT2D eigenvalue weighted by atomic mass is 9.79. The Morgan fingerprint density at radius 2 is 2.33 bits per heavy atom. The van der Waals surface area contributed by atoms with Crippen LogP contribution >= 0.6 is 0 Å². The first-order chi connectivity index (χ1) is 5.70. The highest BCUT2D eigenvalue weighted by Crippen LogP contribution is 2.32. The third kappa shape index (κ3) is 2.21. The van der Waals surface area contributed by atoms with Gasteiger partial charge in [-0.05, 0) is 31.2 Å². The second-order valence-electron chi connectivity index (χ2n) is 3.86. The Morgan fingerprint density at radius 3 is 2.75 bits per heavy atom. The molecule has 1 heteroatoms. The Labute approximate surface area is 75.3 Å². The summed E-state index contributed by atoms with van der Waals surface area (Å²) in [5.41, 5.74) is 7.29. The van der Waals surface area contributed by atoms with Gasteiger partial charge in [0.15, 0.2) is 0 Å². The van der Waals surface area contributed by atoms with Crippen LogP contribution in [0, 0.1) is 5.41 Å². The average Bonchev–Trinajstić information content (AvgIpc) is 2.10. The van der Waals surface area contributed by atoms with Gasteiger partial charge in [-0.1, -0.05) is 37.6 Å². The molecule has 0 aromatic rings. The zero-order valence-corrected chi connectivity index (χ0v) is 8.14. The minimum Gasteiger partial charge on any atom is -0.330 e. The summed E-state index contributed by atoms with van der Waals surface area (Å²) >= 11 is 0. The van der Waals surface area contributed by atoms with Crippen LogP contribution in [0.25, 0.3) is 0 Å². The molecule has 1 nitrogen and oxygen atoms in total. The van der Waals surface area contributed by atoms with E-state index >= 15 is 0 Å². The summed E-state index contributed by atoms with van der Waals surface area (Å²) in [5.74, 6) is 0. The fraction of sp³-hybridized carbons (Fsp3) is 0.636. The number of hydrogen-bond acceptors (Lipinski definition) is 1. The zero-order chi connectivity index (χ0) is 9.03. The molecule has 0 radical (unpaired) electrons. The van der Waals surface area contributed by atoms with E-state index in [9.17, 15) is 0 Å². The lowest BCUT2D eigenvalue weighted by Gasteiger charge is -2.26. The van der Waals surface area contributed by atoms with Gasteiger partial charge in [0.25, 0.3) is 0 Å². The minimum absolute atomic E-state index is 0.401. The quantitative estimate of drug-likeness (QED) is 0.683. The van der Waals surface area contributed by atoms with Crippen molar-refractivity contribution in [1.82, 2.24) is 0 Å². The van der Waals surface area contributed by atoms with Crippen molar-refractivity contribution in [2.75, 3.05) is 6.54 Å². The predicted molar refractivity (Wildman–Crippen MR) is 53.9 cm³/mol. The molecular formula is C11H19N. The van der Waals surface area contributed by atoms with E-state index in [4.69, 9.17) is 5.73 Å². The number of hydrogen-bond donors (Lipinski definition) is 1. The van der Waals surface area contributed by atoms with Gasteiger partial charge in [-0.25, -0.2) is 0 Å². The molecule has 2 N–H and O–H groups in total. The lowest BCUT2D eigenvalue weighted by molar-refractivity contribution is 0.411. The molecule has 0 heterocycles. The largest absolute Gasteiger partial charge is 0.330 e. The molecule has 0 fully saturated rings. The maximum atomic E-state index is 5.48. The van der Waals surface area contributed by atoms with Crippen molar-refractivity contribution in [2.45, 2.75) is 33.1 Å². The molecule has 0 amide bonds. The van der Waals surface area contributed by atoms with Crippen molar-refractivity contribution in [3.8, 4) is 0 Å². The Bertz CT molecular complexity index is 203. The summed E-state index contributed by atoms with van der Waals surface area (Å²) in [6, 6.07) is 0. The first-order valence-corrected chi connectivity index (χ1v) is 4.78. The first kappa shape index (κ1) is 9.53. The predicted octanol–water partition coefficient (Wildman–Crippen LogP) is 2.64. The molecule has 0 aliphatic heterocycles.